The van der Waals surface area contributed by atoms with E-state index in [9.17, 15) is 4.79 Å². The lowest BCUT2D eigenvalue weighted by molar-refractivity contribution is -0.118. The third kappa shape index (κ3) is 7.80. The maximum Gasteiger partial charge on any atom is 0.230 e. The molecule has 4 nitrogen and oxygen atoms in total. The van der Waals surface area contributed by atoms with E-state index in [1.165, 1.54) is 19.3 Å². The van der Waals surface area contributed by atoms with Crippen LogP contribution in [0.5, 0.6) is 0 Å². The minimum Gasteiger partial charge on any atom is -0.354 e. The number of hydrogen-bond acceptors (Lipinski definition) is 4. The van der Waals surface area contributed by atoms with Crippen molar-refractivity contribution in [1.82, 2.24) is 15.5 Å². The van der Waals surface area contributed by atoms with E-state index >= 15 is 0 Å². The Kier molecular flexibility index (Phi) is 9.30. The van der Waals surface area contributed by atoms with Gasteiger partial charge in [0.25, 0.3) is 0 Å². The van der Waals surface area contributed by atoms with E-state index in [0.29, 0.717) is 11.0 Å². The molecular weight excluding hydrogens is 258 g/mol. The van der Waals surface area contributed by atoms with Crippen LogP contribution >= 0.6 is 11.8 Å². The largest absolute Gasteiger partial charge is 0.354 e. The number of piperidine rings is 1. The van der Waals surface area contributed by atoms with Gasteiger partial charge >= 0.3 is 0 Å². The molecule has 0 aromatic carbocycles. The van der Waals surface area contributed by atoms with Crippen molar-refractivity contribution in [3.8, 4) is 0 Å². The van der Waals surface area contributed by atoms with Crippen LogP contribution in [-0.4, -0.2) is 61.1 Å². The van der Waals surface area contributed by atoms with Crippen LogP contribution in [0.2, 0.25) is 0 Å². The second-order valence-electron chi connectivity index (χ2n) is 5.04. The van der Waals surface area contributed by atoms with Crippen molar-refractivity contribution in [3.05, 3.63) is 0 Å². The molecule has 0 aliphatic carbocycles. The van der Waals surface area contributed by atoms with Gasteiger partial charge in [-0.2, -0.15) is 0 Å². The second kappa shape index (κ2) is 10.5. The van der Waals surface area contributed by atoms with Gasteiger partial charge in [0, 0.05) is 18.3 Å². The summed E-state index contributed by atoms with van der Waals surface area (Å²) in [5.74, 6) is 0.806. The van der Waals surface area contributed by atoms with Gasteiger partial charge in [0.1, 0.15) is 0 Å². The molecule has 1 heterocycles. The zero-order valence-corrected chi connectivity index (χ0v) is 13.2. The molecule has 0 aromatic heterocycles. The van der Waals surface area contributed by atoms with Crippen molar-refractivity contribution in [3.63, 3.8) is 0 Å². The van der Waals surface area contributed by atoms with E-state index in [4.69, 9.17) is 0 Å². The van der Waals surface area contributed by atoms with Gasteiger partial charge in [-0.15, -0.1) is 11.8 Å². The van der Waals surface area contributed by atoms with Gasteiger partial charge in [-0.05, 0) is 45.4 Å². The molecule has 2 N–H and O–H groups in total. The number of nitrogens with zero attached hydrogens (tertiary/aromatic N) is 1. The summed E-state index contributed by atoms with van der Waals surface area (Å²) in [5, 5.41) is 7.04. The standard InChI is InChI=1S/C14H29N3OS/c1-3-10-17(4-2)11-9-16-14(18)12-19-13-5-7-15-8-6-13/h13,15H,3-12H2,1-2H3,(H,16,18). The van der Waals surface area contributed by atoms with E-state index in [1.807, 2.05) is 11.8 Å². The highest BCUT2D eigenvalue weighted by molar-refractivity contribution is 8.00. The van der Waals surface area contributed by atoms with Crippen molar-refractivity contribution >= 4 is 17.7 Å². The van der Waals surface area contributed by atoms with Crippen LogP contribution in [0.25, 0.3) is 0 Å². The van der Waals surface area contributed by atoms with E-state index in [-0.39, 0.29) is 5.91 Å². The average molecular weight is 287 g/mol. The van der Waals surface area contributed by atoms with Gasteiger partial charge < -0.3 is 15.5 Å². The molecule has 0 spiro atoms. The van der Waals surface area contributed by atoms with E-state index in [1.54, 1.807) is 0 Å². The van der Waals surface area contributed by atoms with Gasteiger partial charge in [-0.25, -0.2) is 0 Å². The Morgan fingerprint density at radius 1 is 1.32 bits per heavy atom. The summed E-state index contributed by atoms with van der Waals surface area (Å²) in [7, 11) is 0. The molecule has 5 heteroatoms. The number of amides is 1. The van der Waals surface area contributed by atoms with Gasteiger partial charge in [-0.3, -0.25) is 4.79 Å². The molecule has 1 aliphatic rings. The Bertz CT molecular complexity index is 245. The predicted octanol–water partition coefficient (Wildman–Crippen LogP) is 1.32. The number of carbonyl (C=O) groups excluding carboxylic acids is 1. The first-order valence-electron chi connectivity index (χ1n) is 7.57. The lowest BCUT2D eigenvalue weighted by Gasteiger charge is -2.22. The van der Waals surface area contributed by atoms with Crippen molar-refractivity contribution < 1.29 is 4.79 Å². The first kappa shape index (κ1) is 16.8. The number of thioether (sulfide) groups is 1. The molecule has 1 aliphatic heterocycles. The third-order valence-corrected chi connectivity index (χ3v) is 4.85. The topological polar surface area (TPSA) is 44.4 Å². The first-order chi connectivity index (χ1) is 9.26. The average Bonchev–Trinajstić information content (AvgIpc) is 2.45. The zero-order valence-electron chi connectivity index (χ0n) is 12.4. The number of likely N-dealkylation sites (N-methyl/N-ethyl adjacent to an activating group) is 1. The van der Waals surface area contributed by atoms with E-state index in [2.05, 4.69) is 29.4 Å². The van der Waals surface area contributed by atoms with Gasteiger partial charge in [0.05, 0.1) is 5.75 Å². The SMILES string of the molecule is CCCN(CC)CCNC(=O)CSC1CCNCC1. The monoisotopic (exact) mass is 287 g/mol. The molecule has 0 radical (unpaired) electrons. The lowest BCUT2D eigenvalue weighted by Crippen LogP contribution is -2.36. The minimum atomic E-state index is 0.191. The molecule has 0 saturated carbocycles. The first-order valence-corrected chi connectivity index (χ1v) is 8.62. The summed E-state index contributed by atoms with van der Waals surface area (Å²) in [6.07, 6.45) is 3.56. The Morgan fingerprint density at radius 3 is 2.68 bits per heavy atom. The molecule has 1 fully saturated rings. The Morgan fingerprint density at radius 2 is 2.05 bits per heavy atom. The fraction of sp³-hybridized carbons (Fsp3) is 0.929. The predicted molar refractivity (Wildman–Crippen MR) is 83.8 cm³/mol. The van der Waals surface area contributed by atoms with E-state index < -0.39 is 0 Å². The van der Waals surface area contributed by atoms with Crippen molar-refractivity contribution in [2.75, 3.05) is 45.0 Å². The minimum absolute atomic E-state index is 0.191. The van der Waals surface area contributed by atoms with Crippen LogP contribution in [0.15, 0.2) is 0 Å². The third-order valence-electron chi connectivity index (χ3n) is 3.47. The molecule has 1 rings (SSSR count). The van der Waals surface area contributed by atoms with Crippen molar-refractivity contribution in [2.45, 2.75) is 38.4 Å². The molecule has 0 unspecified atom stereocenters. The zero-order chi connectivity index (χ0) is 13.9. The highest BCUT2D eigenvalue weighted by Crippen LogP contribution is 2.19. The molecule has 1 amide bonds. The Balaban J connectivity index is 2.03. The van der Waals surface area contributed by atoms with Crippen LogP contribution in [0.1, 0.15) is 33.1 Å². The quantitative estimate of drug-likeness (QED) is 0.671. The number of rotatable bonds is 9. The summed E-state index contributed by atoms with van der Waals surface area (Å²) in [6.45, 7) is 10.5. The van der Waals surface area contributed by atoms with E-state index in [0.717, 1.165) is 39.3 Å². The molecular formula is C14H29N3OS. The normalized spacial score (nSPS) is 16.8. The highest BCUT2D eigenvalue weighted by atomic mass is 32.2. The summed E-state index contributed by atoms with van der Waals surface area (Å²) in [5.41, 5.74) is 0. The van der Waals surface area contributed by atoms with Crippen LogP contribution in [0, 0.1) is 0 Å². The number of nitrogens with one attached hydrogen (secondary N) is 2. The summed E-state index contributed by atoms with van der Waals surface area (Å²) < 4.78 is 0. The van der Waals surface area contributed by atoms with Crippen molar-refractivity contribution in [1.29, 1.82) is 0 Å². The van der Waals surface area contributed by atoms with Crippen LogP contribution in [0.3, 0.4) is 0 Å². The molecule has 1 saturated heterocycles. The Hall–Kier alpha value is -0.260. The molecule has 112 valence electrons. The summed E-state index contributed by atoms with van der Waals surface area (Å²) >= 11 is 1.81. The number of hydrogen-bond donors (Lipinski definition) is 2. The smallest absolute Gasteiger partial charge is 0.230 e. The fourth-order valence-electron chi connectivity index (χ4n) is 2.30. The van der Waals surface area contributed by atoms with Crippen LogP contribution < -0.4 is 10.6 Å². The molecule has 0 atom stereocenters. The van der Waals surface area contributed by atoms with Gasteiger partial charge in [0.2, 0.25) is 5.91 Å². The molecule has 0 aromatic rings. The molecule has 0 bridgehead atoms. The molecule has 19 heavy (non-hydrogen) atoms. The Labute approximate surface area is 122 Å². The lowest BCUT2D eigenvalue weighted by atomic mass is 10.2. The second-order valence-corrected chi connectivity index (χ2v) is 6.33. The maximum atomic E-state index is 11.7. The highest BCUT2D eigenvalue weighted by Gasteiger charge is 2.14. The van der Waals surface area contributed by atoms with Gasteiger partial charge in [-0.1, -0.05) is 13.8 Å². The van der Waals surface area contributed by atoms with Crippen molar-refractivity contribution in [2.24, 2.45) is 0 Å². The fourth-order valence-corrected chi connectivity index (χ4v) is 3.36. The van der Waals surface area contributed by atoms with Crippen LogP contribution in [0.4, 0.5) is 0 Å². The summed E-state index contributed by atoms with van der Waals surface area (Å²) in [6, 6.07) is 0. The maximum absolute atomic E-state index is 11.7. The van der Waals surface area contributed by atoms with Crippen LogP contribution in [-0.2, 0) is 4.79 Å². The number of carbonyl (C=O) groups is 1. The van der Waals surface area contributed by atoms with Gasteiger partial charge in [0.15, 0.2) is 0 Å². The summed E-state index contributed by atoms with van der Waals surface area (Å²) in [4.78, 5) is 14.1.